The first-order valence-electron chi connectivity index (χ1n) is 7.31. The molecule has 22 heavy (non-hydrogen) atoms. The summed E-state index contributed by atoms with van der Waals surface area (Å²) in [6, 6.07) is 18.5. The summed E-state index contributed by atoms with van der Waals surface area (Å²) in [6.45, 7) is 3.14. The molecule has 0 aliphatic rings. The van der Waals surface area contributed by atoms with E-state index in [4.69, 9.17) is 4.74 Å². The first kappa shape index (κ1) is 14.5. The normalized spacial score (nSPS) is 10.8. The SMILES string of the molecule is Cc1ccc(-c2nnn(C)c2COCc2ccccc2)cc1. The largest absolute Gasteiger partial charge is 0.370 e. The Morgan fingerprint density at radius 1 is 0.955 bits per heavy atom. The van der Waals surface area contributed by atoms with E-state index < -0.39 is 0 Å². The summed E-state index contributed by atoms with van der Waals surface area (Å²) in [7, 11) is 1.89. The van der Waals surface area contributed by atoms with Crippen LogP contribution in [0.15, 0.2) is 54.6 Å². The third-order valence-electron chi connectivity index (χ3n) is 3.62. The molecule has 3 aromatic rings. The van der Waals surface area contributed by atoms with Gasteiger partial charge in [-0.05, 0) is 12.5 Å². The first-order valence-corrected chi connectivity index (χ1v) is 7.31. The predicted molar refractivity (Wildman–Crippen MR) is 86.1 cm³/mol. The molecule has 0 amide bonds. The first-order chi connectivity index (χ1) is 10.7. The van der Waals surface area contributed by atoms with Crippen molar-refractivity contribution >= 4 is 0 Å². The standard InChI is InChI=1S/C18H19N3O/c1-14-8-10-16(11-9-14)18-17(21(2)20-19-18)13-22-12-15-6-4-3-5-7-15/h3-11H,12-13H2,1-2H3. The maximum atomic E-state index is 5.83. The van der Waals surface area contributed by atoms with Crippen molar-refractivity contribution in [1.82, 2.24) is 15.0 Å². The number of benzene rings is 2. The zero-order valence-corrected chi connectivity index (χ0v) is 12.9. The van der Waals surface area contributed by atoms with Gasteiger partial charge in [-0.25, -0.2) is 4.68 Å². The molecule has 4 nitrogen and oxygen atoms in total. The van der Waals surface area contributed by atoms with Gasteiger partial charge in [0, 0.05) is 12.6 Å². The molecule has 112 valence electrons. The highest BCUT2D eigenvalue weighted by Gasteiger charge is 2.12. The zero-order chi connectivity index (χ0) is 15.4. The highest BCUT2D eigenvalue weighted by Crippen LogP contribution is 2.22. The van der Waals surface area contributed by atoms with E-state index in [0.717, 1.165) is 22.5 Å². The lowest BCUT2D eigenvalue weighted by Crippen LogP contribution is -2.02. The summed E-state index contributed by atoms with van der Waals surface area (Å²) in [5.74, 6) is 0. The minimum Gasteiger partial charge on any atom is -0.370 e. The van der Waals surface area contributed by atoms with Gasteiger partial charge in [0.05, 0.1) is 18.9 Å². The topological polar surface area (TPSA) is 39.9 Å². The lowest BCUT2D eigenvalue weighted by molar-refractivity contribution is 0.102. The van der Waals surface area contributed by atoms with Gasteiger partial charge in [0.25, 0.3) is 0 Å². The van der Waals surface area contributed by atoms with Crippen LogP contribution in [0.25, 0.3) is 11.3 Å². The van der Waals surface area contributed by atoms with Gasteiger partial charge >= 0.3 is 0 Å². The van der Waals surface area contributed by atoms with Crippen molar-refractivity contribution in [1.29, 1.82) is 0 Å². The number of aromatic nitrogens is 3. The second kappa shape index (κ2) is 6.54. The van der Waals surface area contributed by atoms with Gasteiger partial charge in [0.1, 0.15) is 5.69 Å². The van der Waals surface area contributed by atoms with Crippen LogP contribution in [0.4, 0.5) is 0 Å². The van der Waals surface area contributed by atoms with Crippen LogP contribution < -0.4 is 0 Å². The molecule has 0 unspecified atom stereocenters. The fourth-order valence-electron chi connectivity index (χ4n) is 2.31. The minimum absolute atomic E-state index is 0.488. The third kappa shape index (κ3) is 3.23. The Morgan fingerprint density at radius 2 is 1.68 bits per heavy atom. The molecule has 0 saturated heterocycles. The van der Waals surface area contributed by atoms with Crippen molar-refractivity contribution in [3.63, 3.8) is 0 Å². The van der Waals surface area contributed by atoms with E-state index in [0.29, 0.717) is 13.2 Å². The van der Waals surface area contributed by atoms with Crippen LogP contribution in [0.1, 0.15) is 16.8 Å². The molecule has 0 bridgehead atoms. The van der Waals surface area contributed by atoms with Crippen LogP contribution in [0, 0.1) is 6.92 Å². The summed E-state index contributed by atoms with van der Waals surface area (Å²) < 4.78 is 7.61. The molecular weight excluding hydrogens is 274 g/mol. The van der Waals surface area contributed by atoms with Crippen LogP contribution in [0.2, 0.25) is 0 Å². The number of rotatable bonds is 5. The van der Waals surface area contributed by atoms with Crippen molar-refractivity contribution in [2.24, 2.45) is 7.05 Å². The van der Waals surface area contributed by atoms with Gasteiger partial charge in [0.2, 0.25) is 0 Å². The summed E-state index contributed by atoms with van der Waals surface area (Å²) in [5.41, 5.74) is 5.33. The molecule has 0 aliphatic carbocycles. The van der Waals surface area contributed by atoms with Crippen molar-refractivity contribution < 1.29 is 4.74 Å². The number of hydrogen-bond acceptors (Lipinski definition) is 3. The number of aryl methyl sites for hydroxylation is 2. The minimum atomic E-state index is 0.488. The number of ether oxygens (including phenoxy) is 1. The molecule has 0 aliphatic heterocycles. The lowest BCUT2D eigenvalue weighted by atomic mass is 10.1. The Hall–Kier alpha value is -2.46. The Morgan fingerprint density at radius 3 is 2.41 bits per heavy atom. The van der Waals surface area contributed by atoms with Gasteiger partial charge in [0.15, 0.2) is 0 Å². The Bertz CT molecular complexity index is 733. The van der Waals surface area contributed by atoms with E-state index in [2.05, 4.69) is 53.6 Å². The van der Waals surface area contributed by atoms with Gasteiger partial charge in [-0.3, -0.25) is 0 Å². The summed E-state index contributed by atoms with van der Waals surface area (Å²) in [5, 5.41) is 8.40. The molecule has 4 heteroatoms. The summed E-state index contributed by atoms with van der Waals surface area (Å²) in [6.07, 6.45) is 0. The van der Waals surface area contributed by atoms with Crippen LogP contribution in [-0.2, 0) is 25.0 Å². The second-order valence-electron chi connectivity index (χ2n) is 5.35. The fraction of sp³-hybridized carbons (Fsp3) is 0.222. The Labute approximate surface area is 130 Å². The van der Waals surface area contributed by atoms with Gasteiger partial charge in [-0.1, -0.05) is 65.4 Å². The van der Waals surface area contributed by atoms with Crippen molar-refractivity contribution in [3.05, 3.63) is 71.4 Å². The Balaban J connectivity index is 1.74. The van der Waals surface area contributed by atoms with Crippen molar-refractivity contribution in [2.75, 3.05) is 0 Å². The third-order valence-corrected chi connectivity index (χ3v) is 3.62. The van der Waals surface area contributed by atoms with Crippen molar-refractivity contribution in [3.8, 4) is 11.3 Å². The maximum Gasteiger partial charge on any atom is 0.118 e. The molecule has 0 N–H and O–H groups in total. The van der Waals surface area contributed by atoms with Gasteiger partial charge in [-0.15, -0.1) is 5.10 Å². The molecule has 0 spiro atoms. The second-order valence-corrected chi connectivity index (χ2v) is 5.35. The molecule has 0 fully saturated rings. The number of nitrogens with zero attached hydrogens (tertiary/aromatic N) is 3. The van der Waals surface area contributed by atoms with Crippen LogP contribution in [0.3, 0.4) is 0 Å². The monoisotopic (exact) mass is 293 g/mol. The predicted octanol–water partition coefficient (Wildman–Crippen LogP) is 3.51. The molecule has 2 aromatic carbocycles. The maximum absolute atomic E-state index is 5.83. The molecule has 1 aromatic heterocycles. The van der Waals surface area contributed by atoms with E-state index in [1.54, 1.807) is 4.68 Å². The lowest BCUT2D eigenvalue weighted by Gasteiger charge is -2.07. The average molecular weight is 293 g/mol. The van der Waals surface area contributed by atoms with E-state index in [-0.39, 0.29) is 0 Å². The zero-order valence-electron chi connectivity index (χ0n) is 12.9. The van der Waals surface area contributed by atoms with Crippen LogP contribution in [0.5, 0.6) is 0 Å². The van der Waals surface area contributed by atoms with Crippen molar-refractivity contribution in [2.45, 2.75) is 20.1 Å². The van der Waals surface area contributed by atoms with Gasteiger partial charge in [-0.2, -0.15) is 0 Å². The molecule has 3 rings (SSSR count). The van der Waals surface area contributed by atoms with Gasteiger partial charge < -0.3 is 4.74 Å². The van der Waals surface area contributed by atoms with E-state index in [9.17, 15) is 0 Å². The molecule has 0 atom stereocenters. The average Bonchev–Trinajstić information content (AvgIpc) is 2.90. The van der Waals surface area contributed by atoms with E-state index >= 15 is 0 Å². The summed E-state index contributed by atoms with van der Waals surface area (Å²) >= 11 is 0. The van der Waals surface area contributed by atoms with E-state index in [1.807, 2.05) is 25.2 Å². The smallest absolute Gasteiger partial charge is 0.118 e. The molecular formula is C18H19N3O. The fourth-order valence-corrected chi connectivity index (χ4v) is 2.31. The molecule has 0 saturated carbocycles. The van der Waals surface area contributed by atoms with Crippen LogP contribution in [-0.4, -0.2) is 15.0 Å². The van der Waals surface area contributed by atoms with E-state index in [1.165, 1.54) is 5.56 Å². The highest BCUT2D eigenvalue weighted by molar-refractivity contribution is 5.61. The quantitative estimate of drug-likeness (QED) is 0.722. The number of hydrogen-bond donors (Lipinski definition) is 0. The Kier molecular flexibility index (Phi) is 4.30. The molecule has 0 radical (unpaired) electrons. The summed E-state index contributed by atoms with van der Waals surface area (Å²) in [4.78, 5) is 0. The highest BCUT2D eigenvalue weighted by atomic mass is 16.5. The molecule has 1 heterocycles. The van der Waals surface area contributed by atoms with Crippen LogP contribution >= 0.6 is 0 Å².